The zero-order valence-corrected chi connectivity index (χ0v) is 35.3. The molecule has 63 heavy (non-hydrogen) atoms. The minimum atomic E-state index is -2.84. The van der Waals surface area contributed by atoms with Crippen LogP contribution < -0.4 is 20.7 Å². The van der Waals surface area contributed by atoms with Crippen molar-refractivity contribution in [2.24, 2.45) is 0 Å². The first-order valence-electron chi connectivity index (χ1n) is 21.4. The number of hydrogen-bond donors (Lipinski definition) is 0. The fourth-order valence-corrected chi connectivity index (χ4v) is 14.6. The number of nitrogens with zero attached hydrogens (tertiary/aromatic N) is 5. The van der Waals surface area contributed by atoms with E-state index in [-0.39, 0.29) is 0 Å². The number of aromatic nitrogens is 5. The van der Waals surface area contributed by atoms with Gasteiger partial charge in [-0.15, -0.1) is 0 Å². The summed E-state index contributed by atoms with van der Waals surface area (Å²) in [4.78, 5) is 16.2. The van der Waals surface area contributed by atoms with Gasteiger partial charge in [0, 0.05) is 32.7 Å². The lowest BCUT2D eigenvalue weighted by Gasteiger charge is -2.34. The number of fused-ring (bicyclic) bond motifs is 6. The van der Waals surface area contributed by atoms with Crippen LogP contribution in [-0.4, -0.2) is 32.2 Å². The van der Waals surface area contributed by atoms with Crippen LogP contribution in [0.3, 0.4) is 0 Å². The average molecular weight is 822 g/mol. The largest absolute Gasteiger partial charge is 0.307 e. The van der Waals surface area contributed by atoms with Gasteiger partial charge in [0.15, 0.2) is 19.7 Å². The molecule has 12 rings (SSSR count). The molecule has 9 aromatic carbocycles. The molecule has 0 unspecified atom stereocenters. The van der Waals surface area contributed by atoms with Crippen molar-refractivity contribution in [3.05, 3.63) is 237 Å². The number of rotatable bonds is 8. The van der Waals surface area contributed by atoms with Gasteiger partial charge in [0.05, 0.1) is 27.8 Å². The first kappa shape index (κ1) is 36.6. The minimum absolute atomic E-state index is 0.557. The van der Waals surface area contributed by atoms with Crippen LogP contribution in [0.5, 0.6) is 0 Å². The van der Waals surface area contributed by atoms with Crippen LogP contribution in [0.2, 0.25) is 0 Å². The van der Waals surface area contributed by atoms with Gasteiger partial charge in [0.1, 0.15) is 0 Å². The van der Waals surface area contributed by atoms with Gasteiger partial charge >= 0.3 is 0 Å². The topological polar surface area (TPSA) is 48.5 Å². The average Bonchev–Trinajstić information content (AvgIpc) is 3.89. The Hall–Kier alpha value is -8.19. The summed E-state index contributed by atoms with van der Waals surface area (Å²) in [6, 6.07) is 84.8. The summed E-state index contributed by atoms with van der Waals surface area (Å²) in [7, 11) is -2.84. The number of benzene rings is 9. The second-order valence-corrected chi connectivity index (χ2v) is 19.8. The van der Waals surface area contributed by atoms with Gasteiger partial charge in [0.25, 0.3) is 0 Å². The highest BCUT2D eigenvalue weighted by atomic mass is 28.3. The van der Waals surface area contributed by atoms with E-state index in [1.807, 2.05) is 18.2 Å². The van der Waals surface area contributed by atoms with E-state index in [9.17, 15) is 0 Å². The van der Waals surface area contributed by atoms with Crippen LogP contribution in [0, 0.1) is 0 Å². The van der Waals surface area contributed by atoms with Crippen molar-refractivity contribution in [1.82, 2.24) is 24.1 Å². The Balaban J connectivity index is 1.15. The molecule has 3 aromatic heterocycles. The minimum Gasteiger partial charge on any atom is -0.307 e. The molecule has 3 heterocycles. The first-order valence-corrected chi connectivity index (χ1v) is 23.4. The van der Waals surface area contributed by atoms with Crippen molar-refractivity contribution in [2.75, 3.05) is 0 Å². The standard InChI is InChI=1S/C57H39N5Si/c1-5-21-40(22-6-1)55-58-56(41-23-19-30-45(39-41)63(42-24-7-2-8-25-42,43-26-9-3-10-27-43)44-28-11-4-12-29-44)60-57(59-55)62-52-37-18-15-33-48(52)49-34-20-38-53(54(49)62)61-50-35-16-13-31-46(50)47-32-14-17-36-51(47)61/h1-39H. The molecule has 0 amide bonds. The Morgan fingerprint density at radius 1 is 0.302 bits per heavy atom. The van der Waals surface area contributed by atoms with Gasteiger partial charge in [-0.05, 0) is 45.0 Å². The molecule has 0 radical (unpaired) electrons. The lowest BCUT2D eigenvalue weighted by Crippen LogP contribution is -2.74. The smallest absolute Gasteiger partial charge is 0.238 e. The van der Waals surface area contributed by atoms with E-state index in [1.54, 1.807) is 0 Å². The van der Waals surface area contributed by atoms with Crippen molar-refractivity contribution < 1.29 is 0 Å². The molecule has 0 aliphatic heterocycles. The van der Waals surface area contributed by atoms with Crippen LogP contribution >= 0.6 is 0 Å². The molecule has 0 spiro atoms. The molecule has 0 bridgehead atoms. The predicted octanol–water partition coefficient (Wildman–Crippen LogP) is 10.8. The lowest BCUT2D eigenvalue weighted by atomic mass is 10.1. The third-order valence-electron chi connectivity index (χ3n) is 12.5. The summed E-state index contributed by atoms with van der Waals surface area (Å²) in [5, 5.41) is 9.85. The van der Waals surface area contributed by atoms with Crippen molar-refractivity contribution in [1.29, 1.82) is 0 Å². The molecule has 0 fully saturated rings. The van der Waals surface area contributed by atoms with E-state index in [1.165, 1.54) is 31.5 Å². The molecular weight excluding hydrogens is 783 g/mol. The van der Waals surface area contributed by atoms with Gasteiger partial charge in [-0.1, -0.05) is 212 Å². The summed E-state index contributed by atoms with van der Waals surface area (Å²) in [5.74, 6) is 1.78. The maximum absolute atomic E-state index is 5.51. The summed E-state index contributed by atoms with van der Waals surface area (Å²) in [6.45, 7) is 0. The van der Waals surface area contributed by atoms with Crippen LogP contribution in [0.1, 0.15) is 0 Å². The molecule has 0 saturated carbocycles. The Morgan fingerprint density at radius 2 is 0.698 bits per heavy atom. The Morgan fingerprint density at radius 3 is 1.25 bits per heavy atom. The van der Waals surface area contributed by atoms with Crippen molar-refractivity contribution in [3.63, 3.8) is 0 Å². The van der Waals surface area contributed by atoms with Crippen molar-refractivity contribution in [3.8, 4) is 34.4 Å². The molecule has 0 aliphatic rings. The molecule has 296 valence electrons. The van der Waals surface area contributed by atoms with E-state index in [0.717, 1.165) is 49.7 Å². The van der Waals surface area contributed by atoms with Crippen LogP contribution in [0.25, 0.3) is 78.0 Å². The molecular formula is C57H39N5Si. The summed E-state index contributed by atoms with van der Waals surface area (Å²) >= 11 is 0. The van der Waals surface area contributed by atoms with E-state index < -0.39 is 8.07 Å². The third-order valence-corrected chi connectivity index (χ3v) is 17.3. The maximum atomic E-state index is 5.51. The Kier molecular flexibility index (Phi) is 8.76. The van der Waals surface area contributed by atoms with Gasteiger partial charge < -0.3 is 4.57 Å². The zero-order chi connectivity index (χ0) is 41.7. The van der Waals surface area contributed by atoms with Gasteiger partial charge in [-0.2, -0.15) is 9.97 Å². The summed E-state index contributed by atoms with van der Waals surface area (Å²) in [6.07, 6.45) is 0. The van der Waals surface area contributed by atoms with Crippen molar-refractivity contribution in [2.45, 2.75) is 0 Å². The number of para-hydroxylation sites is 4. The highest BCUT2D eigenvalue weighted by molar-refractivity contribution is 7.19. The molecule has 0 saturated heterocycles. The van der Waals surface area contributed by atoms with E-state index in [2.05, 4.69) is 228 Å². The molecule has 5 nitrogen and oxygen atoms in total. The summed E-state index contributed by atoms with van der Waals surface area (Å²) < 4.78 is 4.65. The number of hydrogen-bond acceptors (Lipinski definition) is 3. The molecule has 0 atom stereocenters. The normalized spacial score (nSPS) is 11.8. The molecule has 0 N–H and O–H groups in total. The fourth-order valence-electron chi connectivity index (χ4n) is 9.84. The second kappa shape index (κ2) is 15.1. The third kappa shape index (κ3) is 5.87. The van der Waals surface area contributed by atoms with Crippen LogP contribution in [0.4, 0.5) is 0 Å². The Labute approximate surface area is 365 Å². The summed E-state index contributed by atoms with van der Waals surface area (Å²) in [5.41, 5.74) is 7.23. The van der Waals surface area contributed by atoms with E-state index in [4.69, 9.17) is 15.0 Å². The molecule has 0 aliphatic carbocycles. The predicted molar refractivity (Wildman–Crippen MR) is 263 cm³/mol. The van der Waals surface area contributed by atoms with Gasteiger partial charge in [-0.3, -0.25) is 4.57 Å². The van der Waals surface area contributed by atoms with Crippen LogP contribution in [-0.2, 0) is 0 Å². The lowest BCUT2D eigenvalue weighted by molar-refractivity contribution is 0.950. The van der Waals surface area contributed by atoms with E-state index in [0.29, 0.717) is 17.6 Å². The highest BCUT2D eigenvalue weighted by Crippen LogP contribution is 2.39. The maximum Gasteiger partial charge on any atom is 0.238 e. The first-order chi connectivity index (χ1) is 31.3. The quantitative estimate of drug-likeness (QED) is 0.113. The second-order valence-electron chi connectivity index (χ2n) is 16.0. The van der Waals surface area contributed by atoms with Gasteiger partial charge in [-0.25, -0.2) is 4.98 Å². The van der Waals surface area contributed by atoms with E-state index >= 15 is 0 Å². The van der Waals surface area contributed by atoms with Gasteiger partial charge in [0.2, 0.25) is 5.95 Å². The Bertz CT molecular complexity index is 3470. The SMILES string of the molecule is c1ccc(-c2nc(-c3cccc([Si](c4ccccc4)(c4ccccc4)c4ccccc4)c3)nc(-n3c4ccccc4c4cccc(-n5c6ccccc6c6ccccc65)c43)n2)cc1. The highest BCUT2D eigenvalue weighted by Gasteiger charge is 2.41. The van der Waals surface area contributed by atoms with Crippen molar-refractivity contribution >= 4 is 72.4 Å². The molecule has 6 heteroatoms. The fraction of sp³-hybridized carbons (Fsp3) is 0. The molecule has 12 aromatic rings. The monoisotopic (exact) mass is 821 g/mol. The van der Waals surface area contributed by atoms with Crippen LogP contribution in [0.15, 0.2) is 237 Å². The zero-order valence-electron chi connectivity index (χ0n) is 34.3.